The summed E-state index contributed by atoms with van der Waals surface area (Å²) in [6.07, 6.45) is 93.8. The van der Waals surface area contributed by atoms with E-state index in [0.29, 0.717) is 19.3 Å². The van der Waals surface area contributed by atoms with Crippen molar-refractivity contribution in [3.8, 4) is 0 Å². The van der Waals surface area contributed by atoms with E-state index >= 15 is 0 Å². The number of allylic oxidation sites excluding steroid dienone is 18. The summed E-state index contributed by atoms with van der Waals surface area (Å²) >= 11 is 0. The number of carbonyl (C=O) groups excluding carboxylic acids is 3. The summed E-state index contributed by atoms with van der Waals surface area (Å²) in [5, 5.41) is 0. The molecule has 1 atom stereocenters. The lowest BCUT2D eigenvalue weighted by molar-refractivity contribution is -0.167. The first kappa shape index (κ1) is 77.1. The standard InChI is InChI=1S/C75H128O6/c1-4-7-10-13-16-19-22-25-28-31-34-36-37-39-41-44-47-50-53-56-59-62-65-68-74(77)80-71-72(70-79-73(76)67-64-61-58-55-52-49-46-43-40-33-30-27-24-21-18-15-12-9-6-3)81-75(78)69-66-63-60-57-54-51-48-45-42-38-35-32-29-26-23-20-17-14-11-8-5-2/h7,10,16,18-19,21,25,27-28,30,32,34-36,39-41,43,72H,4-6,8-9,11-15,17,20,22-24,26,29,31,33,37-38,42,44-71H2,1-3H3/b10-7-,19-16-,21-18-,28-25-,30-27-,35-32-,36-34-,41-39-,43-40-. The quantitative estimate of drug-likeness (QED) is 0.0261. The number of rotatable bonds is 62. The van der Waals surface area contributed by atoms with Gasteiger partial charge in [-0.2, -0.15) is 0 Å². The van der Waals surface area contributed by atoms with Crippen molar-refractivity contribution in [1.29, 1.82) is 0 Å². The lowest BCUT2D eigenvalue weighted by Crippen LogP contribution is -2.30. The van der Waals surface area contributed by atoms with E-state index < -0.39 is 6.10 Å². The highest BCUT2D eigenvalue weighted by atomic mass is 16.6. The number of hydrogen-bond donors (Lipinski definition) is 0. The van der Waals surface area contributed by atoms with Gasteiger partial charge < -0.3 is 14.2 Å². The van der Waals surface area contributed by atoms with Crippen LogP contribution in [0.15, 0.2) is 109 Å². The lowest BCUT2D eigenvalue weighted by Gasteiger charge is -2.18. The second-order valence-electron chi connectivity index (χ2n) is 22.7. The van der Waals surface area contributed by atoms with Gasteiger partial charge in [0.1, 0.15) is 13.2 Å². The Balaban J connectivity index is 4.43. The highest BCUT2D eigenvalue weighted by Crippen LogP contribution is 2.16. The van der Waals surface area contributed by atoms with Gasteiger partial charge in [0.15, 0.2) is 6.10 Å². The molecule has 0 aromatic carbocycles. The monoisotopic (exact) mass is 1120 g/mol. The van der Waals surface area contributed by atoms with Crippen LogP contribution in [0.2, 0.25) is 0 Å². The van der Waals surface area contributed by atoms with Crippen LogP contribution >= 0.6 is 0 Å². The Morgan fingerprint density at radius 1 is 0.259 bits per heavy atom. The van der Waals surface area contributed by atoms with Crippen LogP contribution < -0.4 is 0 Å². The zero-order valence-electron chi connectivity index (χ0n) is 53.3. The van der Waals surface area contributed by atoms with Crippen LogP contribution in [0.1, 0.15) is 329 Å². The Labute approximate surface area is 501 Å². The van der Waals surface area contributed by atoms with Gasteiger partial charge in [-0.15, -0.1) is 0 Å². The summed E-state index contributed by atoms with van der Waals surface area (Å²) in [4.78, 5) is 38.5. The van der Waals surface area contributed by atoms with Crippen LogP contribution in [-0.2, 0) is 28.6 Å². The number of ether oxygens (including phenoxy) is 3. The maximum atomic E-state index is 13.0. The first-order chi connectivity index (χ1) is 40.0. The number of hydrogen-bond acceptors (Lipinski definition) is 6. The van der Waals surface area contributed by atoms with Gasteiger partial charge in [-0.3, -0.25) is 14.4 Å². The molecule has 0 rings (SSSR count). The molecule has 6 heteroatoms. The van der Waals surface area contributed by atoms with E-state index in [4.69, 9.17) is 14.2 Å². The average Bonchev–Trinajstić information content (AvgIpc) is 3.47. The molecule has 0 aliphatic carbocycles. The van der Waals surface area contributed by atoms with Gasteiger partial charge in [-0.1, -0.05) is 291 Å². The molecular formula is C75H128O6. The van der Waals surface area contributed by atoms with E-state index in [1.165, 1.54) is 173 Å². The Kier molecular flexibility index (Phi) is 65.2. The zero-order chi connectivity index (χ0) is 58.5. The van der Waals surface area contributed by atoms with Crippen molar-refractivity contribution in [2.75, 3.05) is 13.2 Å². The van der Waals surface area contributed by atoms with Crippen molar-refractivity contribution in [3.63, 3.8) is 0 Å². The molecule has 0 aromatic rings. The van der Waals surface area contributed by atoms with Crippen LogP contribution in [0.3, 0.4) is 0 Å². The maximum absolute atomic E-state index is 13.0. The summed E-state index contributed by atoms with van der Waals surface area (Å²) in [6, 6.07) is 0. The summed E-state index contributed by atoms with van der Waals surface area (Å²) in [5.41, 5.74) is 0. The second-order valence-corrected chi connectivity index (χ2v) is 22.7. The third-order valence-electron chi connectivity index (χ3n) is 14.7. The Hall–Kier alpha value is -3.93. The van der Waals surface area contributed by atoms with Crippen molar-refractivity contribution >= 4 is 17.9 Å². The van der Waals surface area contributed by atoms with Gasteiger partial charge >= 0.3 is 17.9 Å². The summed E-state index contributed by atoms with van der Waals surface area (Å²) in [5.74, 6) is -0.902. The predicted octanol–water partition coefficient (Wildman–Crippen LogP) is 23.8. The van der Waals surface area contributed by atoms with E-state index in [9.17, 15) is 14.4 Å². The topological polar surface area (TPSA) is 78.9 Å². The number of unbranched alkanes of at least 4 members (excludes halogenated alkanes) is 33. The normalized spacial score (nSPS) is 12.8. The predicted molar refractivity (Wildman–Crippen MR) is 353 cm³/mol. The Morgan fingerprint density at radius 2 is 0.481 bits per heavy atom. The molecule has 0 N–H and O–H groups in total. The molecule has 0 spiro atoms. The van der Waals surface area contributed by atoms with Crippen molar-refractivity contribution in [2.45, 2.75) is 335 Å². The van der Waals surface area contributed by atoms with E-state index in [-0.39, 0.29) is 31.1 Å². The molecule has 0 aromatic heterocycles. The molecule has 0 aliphatic rings. The van der Waals surface area contributed by atoms with Crippen LogP contribution in [0.5, 0.6) is 0 Å². The van der Waals surface area contributed by atoms with E-state index in [1.807, 2.05) is 0 Å². The van der Waals surface area contributed by atoms with E-state index in [0.717, 1.165) is 116 Å². The van der Waals surface area contributed by atoms with Crippen molar-refractivity contribution in [3.05, 3.63) is 109 Å². The third kappa shape index (κ3) is 66.8. The van der Waals surface area contributed by atoms with Crippen LogP contribution in [0, 0.1) is 0 Å². The van der Waals surface area contributed by atoms with Crippen molar-refractivity contribution in [1.82, 2.24) is 0 Å². The fourth-order valence-electron chi connectivity index (χ4n) is 9.59. The van der Waals surface area contributed by atoms with Crippen LogP contribution in [0.4, 0.5) is 0 Å². The second kappa shape index (κ2) is 68.6. The first-order valence-electron chi connectivity index (χ1n) is 34.4. The molecule has 0 radical (unpaired) electrons. The van der Waals surface area contributed by atoms with Crippen LogP contribution in [-0.4, -0.2) is 37.2 Å². The molecule has 0 aliphatic heterocycles. The minimum Gasteiger partial charge on any atom is -0.462 e. The van der Waals surface area contributed by atoms with E-state index in [2.05, 4.69) is 130 Å². The first-order valence-corrected chi connectivity index (χ1v) is 34.4. The SMILES string of the molecule is CC/C=C\C/C=C\C/C=C\C/C=C\C/C=C\CCCCCCCCCC(=O)OCC(COC(=O)CCCCCCCC/C=C\C/C=C\C/C=C\CCCCC)OC(=O)CCCCCCCCCCC/C=C\CCCCCCCCCC. The summed E-state index contributed by atoms with van der Waals surface area (Å²) in [7, 11) is 0. The lowest BCUT2D eigenvalue weighted by atomic mass is 10.1. The largest absolute Gasteiger partial charge is 0.462 e. The molecule has 6 nitrogen and oxygen atoms in total. The Bertz CT molecular complexity index is 1620. The number of esters is 3. The minimum absolute atomic E-state index is 0.0892. The molecule has 1 unspecified atom stereocenters. The summed E-state index contributed by atoms with van der Waals surface area (Å²) in [6.45, 7) is 6.51. The Morgan fingerprint density at radius 3 is 0.790 bits per heavy atom. The molecule has 0 heterocycles. The van der Waals surface area contributed by atoms with Gasteiger partial charge in [0.2, 0.25) is 0 Å². The molecule has 0 amide bonds. The molecule has 0 saturated carbocycles. The molecule has 0 bridgehead atoms. The van der Waals surface area contributed by atoms with Gasteiger partial charge in [-0.05, 0) is 128 Å². The highest BCUT2D eigenvalue weighted by molar-refractivity contribution is 5.71. The fourth-order valence-corrected chi connectivity index (χ4v) is 9.59. The van der Waals surface area contributed by atoms with Crippen LogP contribution in [0.25, 0.3) is 0 Å². The van der Waals surface area contributed by atoms with Crippen molar-refractivity contribution < 1.29 is 28.6 Å². The number of carbonyl (C=O) groups is 3. The molecule has 81 heavy (non-hydrogen) atoms. The van der Waals surface area contributed by atoms with E-state index in [1.54, 1.807) is 0 Å². The van der Waals surface area contributed by atoms with Gasteiger partial charge in [-0.25, -0.2) is 0 Å². The molecular weight excluding hydrogens is 997 g/mol. The molecule has 0 fully saturated rings. The average molecular weight is 1130 g/mol. The smallest absolute Gasteiger partial charge is 0.306 e. The minimum atomic E-state index is -0.794. The van der Waals surface area contributed by atoms with Gasteiger partial charge in [0.05, 0.1) is 0 Å². The third-order valence-corrected chi connectivity index (χ3v) is 14.7. The summed E-state index contributed by atoms with van der Waals surface area (Å²) < 4.78 is 17.0. The van der Waals surface area contributed by atoms with Gasteiger partial charge in [0, 0.05) is 19.3 Å². The van der Waals surface area contributed by atoms with Crippen molar-refractivity contribution in [2.24, 2.45) is 0 Å². The highest BCUT2D eigenvalue weighted by Gasteiger charge is 2.19. The fraction of sp³-hybridized carbons (Fsp3) is 0.720. The maximum Gasteiger partial charge on any atom is 0.306 e. The van der Waals surface area contributed by atoms with Gasteiger partial charge in [0.25, 0.3) is 0 Å². The molecule has 464 valence electrons. The zero-order valence-corrected chi connectivity index (χ0v) is 53.3. The molecule has 0 saturated heterocycles.